The lowest BCUT2D eigenvalue weighted by Gasteiger charge is -2.36. The second-order valence-corrected chi connectivity index (χ2v) is 5.10. The van der Waals surface area contributed by atoms with E-state index in [1.807, 2.05) is 24.1 Å². The van der Waals surface area contributed by atoms with Crippen LogP contribution in [0.15, 0.2) is 24.3 Å². The quantitative estimate of drug-likeness (QED) is 0.865. The Balaban J connectivity index is 2.03. The number of hydrogen-bond acceptors (Lipinski definition) is 3. The Morgan fingerprint density at radius 3 is 2.95 bits per heavy atom. The Morgan fingerprint density at radius 2 is 2.21 bits per heavy atom. The number of piperidine rings is 1. The lowest BCUT2D eigenvalue weighted by atomic mass is 10.0. The van der Waals surface area contributed by atoms with Crippen LogP contribution in [0.3, 0.4) is 0 Å². The fourth-order valence-electron chi connectivity index (χ4n) is 2.70. The third-order valence-electron chi connectivity index (χ3n) is 3.72. The molecule has 0 aromatic heterocycles. The van der Waals surface area contributed by atoms with Gasteiger partial charge in [0.05, 0.1) is 6.42 Å². The van der Waals surface area contributed by atoms with Gasteiger partial charge in [0.2, 0.25) is 5.91 Å². The van der Waals surface area contributed by atoms with Crippen molar-refractivity contribution in [1.82, 2.24) is 10.2 Å². The van der Waals surface area contributed by atoms with Gasteiger partial charge in [0, 0.05) is 24.7 Å². The molecule has 0 saturated carbocycles. The Morgan fingerprint density at radius 1 is 1.42 bits per heavy atom. The van der Waals surface area contributed by atoms with Crippen LogP contribution in [0.1, 0.15) is 24.8 Å². The number of amides is 1. The zero-order chi connectivity index (χ0) is 13.7. The molecule has 1 atom stereocenters. The number of hydrogen-bond donors (Lipinski definition) is 2. The number of rotatable bonds is 4. The fourth-order valence-corrected chi connectivity index (χ4v) is 2.70. The van der Waals surface area contributed by atoms with Crippen LogP contribution >= 0.6 is 0 Å². The molecule has 1 heterocycles. The maximum absolute atomic E-state index is 12.4. The molecule has 0 radical (unpaired) electrons. The number of nitrogens with zero attached hydrogens (tertiary/aromatic N) is 1. The largest absolute Gasteiger partial charge is 0.508 e. The van der Waals surface area contributed by atoms with Crippen molar-refractivity contribution in [3.63, 3.8) is 0 Å². The van der Waals surface area contributed by atoms with Crippen LogP contribution in [-0.4, -0.2) is 42.1 Å². The van der Waals surface area contributed by atoms with Gasteiger partial charge in [0.25, 0.3) is 0 Å². The highest BCUT2D eigenvalue weighted by Gasteiger charge is 2.26. The summed E-state index contributed by atoms with van der Waals surface area (Å²) in [5.74, 6) is 0.319. The molecule has 2 N–H and O–H groups in total. The zero-order valence-corrected chi connectivity index (χ0v) is 11.4. The van der Waals surface area contributed by atoms with Crippen LogP contribution in [0.4, 0.5) is 0 Å². The number of aromatic hydroxyl groups is 1. The molecule has 1 unspecified atom stereocenters. The predicted octanol–water partition coefficient (Wildman–Crippen LogP) is 1.54. The summed E-state index contributed by atoms with van der Waals surface area (Å²) in [6, 6.07) is 7.35. The minimum absolute atomic E-state index is 0.112. The summed E-state index contributed by atoms with van der Waals surface area (Å²) in [4.78, 5) is 14.4. The topological polar surface area (TPSA) is 52.6 Å². The first-order valence-electron chi connectivity index (χ1n) is 6.93. The van der Waals surface area contributed by atoms with Gasteiger partial charge in [-0.15, -0.1) is 0 Å². The third kappa shape index (κ3) is 3.47. The van der Waals surface area contributed by atoms with Crippen molar-refractivity contribution in [3.05, 3.63) is 29.8 Å². The number of phenolic OH excluding ortho intramolecular Hbond substituents is 1. The van der Waals surface area contributed by atoms with Gasteiger partial charge in [0.15, 0.2) is 0 Å². The Labute approximate surface area is 114 Å². The van der Waals surface area contributed by atoms with E-state index in [2.05, 4.69) is 5.32 Å². The maximum atomic E-state index is 12.4. The number of phenols is 1. The summed E-state index contributed by atoms with van der Waals surface area (Å²) in [6.45, 7) is 1.67. The highest BCUT2D eigenvalue weighted by molar-refractivity contribution is 5.80. The smallest absolute Gasteiger partial charge is 0.227 e. The van der Waals surface area contributed by atoms with E-state index in [0.29, 0.717) is 5.56 Å². The fraction of sp³-hybridized carbons (Fsp3) is 0.533. The van der Waals surface area contributed by atoms with Gasteiger partial charge in [-0.3, -0.25) is 4.79 Å². The van der Waals surface area contributed by atoms with E-state index in [9.17, 15) is 9.90 Å². The summed E-state index contributed by atoms with van der Waals surface area (Å²) in [5.41, 5.74) is 0.710. The Hall–Kier alpha value is -1.55. The summed E-state index contributed by atoms with van der Waals surface area (Å²) in [7, 11) is 1.92. The van der Waals surface area contributed by atoms with Crippen LogP contribution < -0.4 is 5.32 Å². The second-order valence-electron chi connectivity index (χ2n) is 5.10. The monoisotopic (exact) mass is 262 g/mol. The lowest BCUT2D eigenvalue weighted by Crippen LogP contribution is -2.48. The Bertz CT molecular complexity index is 432. The molecule has 1 fully saturated rings. The molecule has 1 amide bonds. The number of para-hydroxylation sites is 1. The van der Waals surface area contributed by atoms with E-state index >= 15 is 0 Å². The number of nitrogens with one attached hydrogen (secondary N) is 1. The van der Waals surface area contributed by atoms with Crippen LogP contribution in [0.25, 0.3) is 0 Å². The molecular formula is C15H22N2O2. The normalized spacial score (nSPS) is 19.4. The molecular weight excluding hydrogens is 240 g/mol. The van der Waals surface area contributed by atoms with Crippen LogP contribution in [0.5, 0.6) is 5.75 Å². The van der Waals surface area contributed by atoms with Crippen molar-refractivity contribution in [2.24, 2.45) is 0 Å². The number of likely N-dealkylation sites (tertiary alicyclic amines) is 1. The third-order valence-corrected chi connectivity index (χ3v) is 3.72. The SMILES string of the molecule is CNCC1CCCCN1C(=O)Cc1ccccc1O. The molecule has 0 bridgehead atoms. The van der Waals surface area contributed by atoms with Crippen molar-refractivity contribution in [2.75, 3.05) is 20.1 Å². The number of benzene rings is 1. The molecule has 1 aromatic rings. The summed E-state index contributed by atoms with van der Waals surface area (Å²) < 4.78 is 0. The molecule has 0 aliphatic carbocycles. The van der Waals surface area contributed by atoms with Crippen molar-refractivity contribution in [3.8, 4) is 5.75 Å². The van der Waals surface area contributed by atoms with Crippen molar-refractivity contribution in [2.45, 2.75) is 31.7 Å². The van der Waals surface area contributed by atoms with Gasteiger partial charge < -0.3 is 15.3 Å². The highest BCUT2D eigenvalue weighted by atomic mass is 16.3. The molecule has 4 nitrogen and oxygen atoms in total. The summed E-state index contributed by atoms with van der Waals surface area (Å²) in [5, 5.41) is 12.9. The van der Waals surface area contributed by atoms with Crippen molar-refractivity contribution < 1.29 is 9.90 Å². The summed E-state index contributed by atoms with van der Waals surface area (Å²) in [6.07, 6.45) is 3.61. The van der Waals surface area contributed by atoms with E-state index in [1.54, 1.807) is 12.1 Å². The molecule has 2 rings (SSSR count). The maximum Gasteiger partial charge on any atom is 0.227 e. The molecule has 1 aliphatic rings. The van der Waals surface area contributed by atoms with Gasteiger partial charge in [-0.05, 0) is 32.4 Å². The van der Waals surface area contributed by atoms with Crippen molar-refractivity contribution >= 4 is 5.91 Å². The van der Waals surface area contributed by atoms with Gasteiger partial charge in [-0.2, -0.15) is 0 Å². The van der Waals surface area contributed by atoms with Crippen LogP contribution in [-0.2, 0) is 11.2 Å². The second kappa shape index (κ2) is 6.57. The van der Waals surface area contributed by atoms with Gasteiger partial charge in [-0.25, -0.2) is 0 Å². The molecule has 4 heteroatoms. The van der Waals surface area contributed by atoms with Crippen LogP contribution in [0.2, 0.25) is 0 Å². The highest BCUT2D eigenvalue weighted by Crippen LogP contribution is 2.21. The molecule has 104 valence electrons. The Kier molecular flexibility index (Phi) is 4.80. The lowest BCUT2D eigenvalue weighted by molar-refractivity contribution is -0.134. The molecule has 1 aliphatic heterocycles. The van der Waals surface area contributed by atoms with Gasteiger partial charge in [0.1, 0.15) is 5.75 Å². The van der Waals surface area contributed by atoms with E-state index < -0.39 is 0 Å². The number of likely N-dealkylation sites (N-methyl/N-ethyl adjacent to an activating group) is 1. The minimum atomic E-state index is 0.112. The standard InChI is InChI=1S/C15H22N2O2/c1-16-11-13-7-4-5-9-17(13)15(19)10-12-6-2-3-8-14(12)18/h2-3,6,8,13,16,18H,4-5,7,9-11H2,1H3. The first-order valence-corrected chi connectivity index (χ1v) is 6.93. The van der Waals surface area contributed by atoms with Gasteiger partial charge in [-0.1, -0.05) is 18.2 Å². The first kappa shape index (κ1) is 13.9. The van der Waals surface area contributed by atoms with E-state index in [0.717, 1.165) is 25.9 Å². The molecule has 1 saturated heterocycles. The summed E-state index contributed by atoms with van der Waals surface area (Å²) >= 11 is 0. The number of carbonyl (C=O) groups is 1. The molecule has 19 heavy (non-hydrogen) atoms. The van der Waals surface area contributed by atoms with E-state index in [-0.39, 0.29) is 24.1 Å². The van der Waals surface area contributed by atoms with Crippen molar-refractivity contribution in [1.29, 1.82) is 0 Å². The zero-order valence-electron chi connectivity index (χ0n) is 11.4. The predicted molar refractivity (Wildman–Crippen MR) is 75.1 cm³/mol. The van der Waals surface area contributed by atoms with Gasteiger partial charge >= 0.3 is 0 Å². The molecule has 1 aromatic carbocycles. The van der Waals surface area contributed by atoms with E-state index in [4.69, 9.17) is 0 Å². The molecule has 0 spiro atoms. The van der Waals surface area contributed by atoms with Crippen LogP contribution in [0, 0.1) is 0 Å². The average Bonchev–Trinajstić information content (AvgIpc) is 2.42. The number of carbonyl (C=O) groups excluding carboxylic acids is 1. The van der Waals surface area contributed by atoms with E-state index in [1.165, 1.54) is 6.42 Å². The first-order chi connectivity index (χ1) is 9.22. The minimum Gasteiger partial charge on any atom is -0.508 e. The average molecular weight is 262 g/mol.